The number of benzene rings is 10. The van der Waals surface area contributed by atoms with Gasteiger partial charge in [-0.2, -0.15) is 15.8 Å². The molecule has 0 aliphatic rings. The molecule has 13 aromatic rings. The number of rotatable bonds is 6. The Hall–Kier alpha value is -9.93. The molecular weight excluding hydrogens is 985 g/mol. The Balaban J connectivity index is 1.25. The standard InChI is InChI=1S/C75H60N6/c1-73(2,3)52-28-34-67-58(40-52)55-37-49(46-19-13-10-14-20-46)25-31-64(55)79(67)70-61(43-76)71(80-65-32-26-50(47-21-15-11-16-22-47)38-56(65)59-41-53(74(4,5)6)29-35-68(59)80)63(45-78)72(62(70)44-77)81-66-33-27-51(48-23-17-12-18-24-48)39-57(66)60-42-54(75(7,8)9)30-36-69(60)81/h10-42H,1-9H3. The Morgan fingerprint density at radius 3 is 0.704 bits per heavy atom. The van der Waals surface area contributed by atoms with Crippen LogP contribution in [0.15, 0.2) is 200 Å². The van der Waals surface area contributed by atoms with Crippen LogP contribution < -0.4 is 0 Å². The fraction of sp³-hybridized carbons (Fsp3) is 0.160. The van der Waals surface area contributed by atoms with Gasteiger partial charge in [0.1, 0.15) is 34.9 Å². The fourth-order valence-corrected chi connectivity index (χ4v) is 12.3. The lowest BCUT2D eigenvalue weighted by molar-refractivity contribution is 0.591. The van der Waals surface area contributed by atoms with Crippen LogP contribution in [0.5, 0.6) is 0 Å². The Kier molecular flexibility index (Phi) is 11.6. The molecule has 6 nitrogen and oxygen atoms in total. The molecule has 13 rings (SSSR count). The molecule has 0 spiro atoms. The SMILES string of the molecule is CC(C)(C)c1ccc2c(c1)c1cc(-c3ccccc3)ccc1n2-c1c(C#N)c(-n2c3ccc(-c4ccccc4)cc3c3cc(C(C)(C)C)ccc32)c(C#N)c(-n2c3ccc(-c4ccccc4)cc3c3cc(C(C)(C)C)ccc32)c1C#N. The topological polar surface area (TPSA) is 86.2 Å². The van der Waals surface area contributed by atoms with Gasteiger partial charge in [0.2, 0.25) is 0 Å². The van der Waals surface area contributed by atoms with Gasteiger partial charge in [0, 0.05) is 32.3 Å². The molecule has 0 radical (unpaired) electrons. The molecule has 0 fully saturated rings. The average molecular weight is 1050 g/mol. The van der Waals surface area contributed by atoms with Crippen molar-refractivity contribution in [1.82, 2.24) is 13.7 Å². The van der Waals surface area contributed by atoms with E-state index in [2.05, 4.69) is 276 Å². The Bertz CT molecular complexity index is 4360. The minimum absolute atomic E-state index is 0.183. The highest BCUT2D eigenvalue weighted by Crippen LogP contribution is 2.48. The smallest absolute Gasteiger partial charge is 0.104 e. The lowest BCUT2D eigenvalue weighted by atomic mass is 9.86. The molecular formula is C75H60N6. The van der Waals surface area contributed by atoms with Crippen molar-refractivity contribution in [2.75, 3.05) is 0 Å². The number of hydrogen-bond acceptors (Lipinski definition) is 3. The van der Waals surface area contributed by atoms with E-state index < -0.39 is 0 Å². The summed E-state index contributed by atoms with van der Waals surface area (Å²) in [4.78, 5) is 0. The zero-order chi connectivity index (χ0) is 56.3. The predicted molar refractivity (Wildman–Crippen MR) is 336 cm³/mol. The normalized spacial score (nSPS) is 12.2. The monoisotopic (exact) mass is 1040 g/mol. The summed E-state index contributed by atoms with van der Waals surface area (Å²) in [6.45, 7) is 20.0. The molecule has 0 saturated heterocycles. The van der Waals surface area contributed by atoms with E-state index >= 15 is 0 Å². The third-order valence-corrected chi connectivity index (χ3v) is 16.6. The molecule has 0 aliphatic carbocycles. The summed E-state index contributed by atoms with van der Waals surface area (Å²) >= 11 is 0. The average Bonchev–Trinajstić information content (AvgIpc) is 4.28. The van der Waals surface area contributed by atoms with Gasteiger partial charge >= 0.3 is 0 Å². The zero-order valence-corrected chi connectivity index (χ0v) is 47.2. The maximum absolute atomic E-state index is 12.3. The Morgan fingerprint density at radius 1 is 0.259 bits per heavy atom. The molecule has 3 heterocycles. The van der Waals surface area contributed by atoms with Gasteiger partial charge in [0.15, 0.2) is 0 Å². The quantitative estimate of drug-likeness (QED) is 0.166. The highest BCUT2D eigenvalue weighted by molar-refractivity contribution is 6.15. The molecule has 6 heteroatoms. The van der Waals surface area contributed by atoms with Gasteiger partial charge in [0.25, 0.3) is 0 Å². The van der Waals surface area contributed by atoms with E-state index in [-0.39, 0.29) is 32.9 Å². The van der Waals surface area contributed by atoms with Crippen molar-refractivity contribution in [3.05, 3.63) is 234 Å². The van der Waals surface area contributed by atoms with Crippen molar-refractivity contribution >= 4 is 65.4 Å². The summed E-state index contributed by atoms with van der Waals surface area (Å²) in [5, 5.41) is 42.9. The number of aromatic nitrogens is 3. The summed E-state index contributed by atoms with van der Waals surface area (Å²) in [6, 6.07) is 78.7. The molecule has 0 saturated carbocycles. The lowest BCUT2D eigenvalue weighted by Gasteiger charge is -2.24. The first kappa shape index (κ1) is 50.6. The molecule has 0 atom stereocenters. The van der Waals surface area contributed by atoms with E-state index in [1.54, 1.807) is 0 Å². The third-order valence-electron chi connectivity index (χ3n) is 16.6. The lowest BCUT2D eigenvalue weighted by Crippen LogP contribution is -2.15. The first-order valence-corrected chi connectivity index (χ1v) is 27.8. The number of hydrogen-bond donors (Lipinski definition) is 0. The van der Waals surface area contributed by atoms with Gasteiger partial charge in [-0.25, -0.2) is 0 Å². The van der Waals surface area contributed by atoms with Crippen LogP contribution in [0.1, 0.15) is 95.7 Å². The summed E-state index contributed by atoms with van der Waals surface area (Å²) in [7, 11) is 0. The van der Waals surface area contributed by atoms with E-state index in [1.165, 1.54) is 0 Å². The highest BCUT2D eigenvalue weighted by atomic mass is 15.1. The summed E-state index contributed by atoms with van der Waals surface area (Å²) in [6.07, 6.45) is 0. The van der Waals surface area contributed by atoms with Crippen LogP contribution in [0.25, 0.3) is 116 Å². The molecule has 81 heavy (non-hydrogen) atoms. The van der Waals surface area contributed by atoms with Crippen LogP contribution in [0, 0.1) is 34.0 Å². The van der Waals surface area contributed by atoms with Crippen molar-refractivity contribution < 1.29 is 0 Å². The van der Waals surface area contributed by atoms with Crippen molar-refractivity contribution in [2.24, 2.45) is 0 Å². The molecule has 0 N–H and O–H groups in total. The molecule has 0 bridgehead atoms. The minimum atomic E-state index is -0.183. The van der Waals surface area contributed by atoms with Crippen LogP contribution in [0.2, 0.25) is 0 Å². The molecule has 10 aromatic carbocycles. The van der Waals surface area contributed by atoms with Crippen molar-refractivity contribution in [2.45, 2.75) is 78.6 Å². The number of nitrogens with zero attached hydrogens (tertiary/aromatic N) is 6. The van der Waals surface area contributed by atoms with Gasteiger partial charge < -0.3 is 13.7 Å². The summed E-state index contributed by atoms with van der Waals surface area (Å²) < 4.78 is 6.40. The number of nitriles is 3. The minimum Gasteiger partial charge on any atom is -0.306 e. The van der Waals surface area contributed by atoms with Gasteiger partial charge in [-0.05, 0) is 139 Å². The second-order valence-electron chi connectivity index (χ2n) is 24.8. The maximum atomic E-state index is 12.3. The number of fused-ring (bicyclic) bond motifs is 9. The van der Waals surface area contributed by atoms with E-state index in [1.807, 2.05) is 18.2 Å². The van der Waals surface area contributed by atoms with E-state index in [9.17, 15) is 15.8 Å². The first-order valence-electron chi connectivity index (χ1n) is 27.8. The van der Waals surface area contributed by atoms with Crippen molar-refractivity contribution in [1.29, 1.82) is 15.8 Å². The second kappa shape index (κ2) is 18.6. The maximum Gasteiger partial charge on any atom is 0.104 e. The fourth-order valence-electron chi connectivity index (χ4n) is 12.3. The molecule has 3 aromatic heterocycles. The predicted octanol–water partition coefficient (Wildman–Crippen LogP) is 19.5. The first-order chi connectivity index (χ1) is 39.0. The van der Waals surface area contributed by atoms with E-state index in [4.69, 9.17) is 0 Å². The molecule has 0 aliphatic heterocycles. The van der Waals surface area contributed by atoms with Crippen LogP contribution in [-0.2, 0) is 16.2 Å². The molecule has 0 unspecified atom stereocenters. The summed E-state index contributed by atoms with van der Waals surface area (Å²) in [5.41, 5.74) is 16.2. The highest BCUT2D eigenvalue weighted by Gasteiger charge is 2.34. The van der Waals surface area contributed by atoms with E-state index in [0.29, 0.717) is 17.1 Å². The van der Waals surface area contributed by atoms with Gasteiger partial charge in [0.05, 0.1) is 50.2 Å². The van der Waals surface area contributed by atoms with Crippen LogP contribution in [0.4, 0.5) is 0 Å². The molecule has 390 valence electrons. The Labute approximate surface area is 473 Å². The van der Waals surface area contributed by atoms with Gasteiger partial charge in [-0.1, -0.05) is 190 Å². The Morgan fingerprint density at radius 2 is 0.481 bits per heavy atom. The molecule has 0 amide bonds. The zero-order valence-electron chi connectivity index (χ0n) is 47.2. The van der Waals surface area contributed by atoms with E-state index in [0.717, 1.165) is 115 Å². The van der Waals surface area contributed by atoms with Gasteiger partial charge in [-0.3, -0.25) is 0 Å². The van der Waals surface area contributed by atoms with Crippen LogP contribution in [-0.4, -0.2) is 13.7 Å². The van der Waals surface area contributed by atoms with Crippen LogP contribution >= 0.6 is 0 Å². The van der Waals surface area contributed by atoms with Crippen molar-refractivity contribution in [3.8, 4) is 68.7 Å². The largest absolute Gasteiger partial charge is 0.306 e. The van der Waals surface area contributed by atoms with Gasteiger partial charge in [-0.15, -0.1) is 0 Å². The van der Waals surface area contributed by atoms with Crippen LogP contribution in [0.3, 0.4) is 0 Å². The van der Waals surface area contributed by atoms with Crippen molar-refractivity contribution in [3.63, 3.8) is 0 Å². The second-order valence-corrected chi connectivity index (χ2v) is 24.8. The third kappa shape index (κ3) is 8.11. The summed E-state index contributed by atoms with van der Waals surface area (Å²) in [5.74, 6) is 0.